The van der Waals surface area contributed by atoms with Crippen molar-refractivity contribution in [2.75, 3.05) is 14.2 Å². The van der Waals surface area contributed by atoms with Gasteiger partial charge in [0.1, 0.15) is 11.9 Å². The van der Waals surface area contributed by atoms with Crippen molar-refractivity contribution in [2.45, 2.75) is 70.5 Å². The fourth-order valence-corrected chi connectivity index (χ4v) is 4.50. The molecule has 184 valence electrons. The van der Waals surface area contributed by atoms with Crippen LogP contribution >= 0.6 is 0 Å². The van der Waals surface area contributed by atoms with Gasteiger partial charge >= 0.3 is 0 Å². The first-order valence-corrected chi connectivity index (χ1v) is 12.0. The van der Waals surface area contributed by atoms with Crippen LogP contribution in [0.1, 0.15) is 56.6 Å². The van der Waals surface area contributed by atoms with Crippen molar-refractivity contribution in [1.29, 1.82) is 0 Å². The van der Waals surface area contributed by atoms with Gasteiger partial charge in [-0.15, -0.1) is 0 Å². The Hall–Kier alpha value is -3.09. The van der Waals surface area contributed by atoms with Crippen LogP contribution in [0.3, 0.4) is 0 Å². The van der Waals surface area contributed by atoms with Crippen molar-refractivity contribution < 1.29 is 23.5 Å². The molecule has 0 spiro atoms. The van der Waals surface area contributed by atoms with Crippen LogP contribution in [0.15, 0.2) is 42.5 Å². The van der Waals surface area contributed by atoms with Gasteiger partial charge in [-0.1, -0.05) is 38.0 Å². The lowest BCUT2D eigenvalue weighted by Crippen LogP contribution is -2.51. The fourth-order valence-electron chi connectivity index (χ4n) is 4.50. The van der Waals surface area contributed by atoms with Crippen molar-refractivity contribution in [1.82, 2.24) is 10.2 Å². The van der Waals surface area contributed by atoms with Crippen LogP contribution in [0, 0.1) is 5.82 Å². The molecule has 1 atom stereocenters. The number of rotatable bonds is 11. The number of aryl methyl sites for hydroxylation is 1. The predicted octanol–water partition coefficient (Wildman–Crippen LogP) is 4.64. The van der Waals surface area contributed by atoms with Gasteiger partial charge in [0, 0.05) is 19.0 Å². The van der Waals surface area contributed by atoms with E-state index in [2.05, 4.69) is 5.32 Å². The maximum Gasteiger partial charge on any atom is 0.243 e. The van der Waals surface area contributed by atoms with E-state index >= 15 is 0 Å². The summed E-state index contributed by atoms with van der Waals surface area (Å²) in [6, 6.07) is 11.3. The quantitative estimate of drug-likeness (QED) is 0.520. The van der Waals surface area contributed by atoms with Crippen LogP contribution in [0.4, 0.5) is 4.39 Å². The second-order valence-corrected chi connectivity index (χ2v) is 8.75. The van der Waals surface area contributed by atoms with Gasteiger partial charge in [0.2, 0.25) is 11.8 Å². The lowest BCUT2D eigenvalue weighted by atomic mass is 10.0. The minimum Gasteiger partial charge on any atom is -0.493 e. The molecule has 6 nitrogen and oxygen atoms in total. The standard InChI is InChI=1S/C27H35FN2O4/c1-4-23(27(32)29-22-7-5-6-8-22)30(18-20-9-13-21(28)14-10-20)26(31)16-12-19-11-15-24(33-2)25(17-19)34-3/h9-11,13-15,17,22-23H,4-8,12,16,18H2,1-3H3,(H,29,32). The van der Waals surface area contributed by atoms with E-state index in [-0.39, 0.29) is 36.6 Å². The summed E-state index contributed by atoms with van der Waals surface area (Å²) in [4.78, 5) is 28.2. The molecule has 2 amide bonds. The monoisotopic (exact) mass is 470 g/mol. The third-order valence-corrected chi connectivity index (χ3v) is 6.43. The minimum absolute atomic E-state index is 0.115. The molecule has 0 bridgehead atoms. The Morgan fingerprint density at radius 1 is 1.03 bits per heavy atom. The Labute approximate surface area is 201 Å². The third kappa shape index (κ3) is 6.72. The molecule has 2 aromatic carbocycles. The third-order valence-electron chi connectivity index (χ3n) is 6.43. The molecule has 1 unspecified atom stereocenters. The molecule has 3 rings (SSSR count). The Balaban J connectivity index is 1.76. The molecule has 1 saturated carbocycles. The summed E-state index contributed by atoms with van der Waals surface area (Å²) in [6.07, 6.45) is 5.43. The molecule has 1 aliphatic rings. The van der Waals surface area contributed by atoms with Gasteiger partial charge in [-0.25, -0.2) is 4.39 Å². The van der Waals surface area contributed by atoms with Crippen molar-refractivity contribution in [3.63, 3.8) is 0 Å². The van der Waals surface area contributed by atoms with Gasteiger partial charge in [-0.2, -0.15) is 0 Å². The lowest BCUT2D eigenvalue weighted by molar-refractivity contribution is -0.141. The molecule has 0 radical (unpaired) electrons. The number of ether oxygens (including phenoxy) is 2. The number of nitrogens with one attached hydrogen (secondary N) is 1. The van der Waals surface area contributed by atoms with Gasteiger partial charge in [0.25, 0.3) is 0 Å². The Bertz CT molecular complexity index is 958. The van der Waals surface area contributed by atoms with E-state index in [4.69, 9.17) is 9.47 Å². The summed E-state index contributed by atoms with van der Waals surface area (Å²) < 4.78 is 24.1. The van der Waals surface area contributed by atoms with E-state index in [1.165, 1.54) is 12.1 Å². The zero-order valence-corrected chi connectivity index (χ0v) is 20.3. The first kappa shape index (κ1) is 25.5. The Morgan fingerprint density at radius 2 is 1.68 bits per heavy atom. The average Bonchev–Trinajstić information content (AvgIpc) is 3.36. The molecule has 0 saturated heterocycles. The van der Waals surface area contributed by atoms with E-state index in [1.807, 2.05) is 25.1 Å². The summed E-state index contributed by atoms with van der Waals surface area (Å²) in [5, 5.41) is 3.14. The number of halogens is 1. The molecule has 34 heavy (non-hydrogen) atoms. The highest BCUT2D eigenvalue weighted by Gasteiger charge is 2.30. The van der Waals surface area contributed by atoms with Crippen molar-refractivity contribution in [3.05, 3.63) is 59.4 Å². The highest BCUT2D eigenvalue weighted by molar-refractivity contribution is 5.88. The van der Waals surface area contributed by atoms with Gasteiger partial charge in [-0.05, 0) is 61.1 Å². The number of carbonyl (C=O) groups is 2. The van der Waals surface area contributed by atoms with Gasteiger partial charge in [-0.3, -0.25) is 9.59 Å². The minimum atomic E-state index is -0.580. The number of hydrogen-bond donors (Lipinski definition) is 1. The largest absolute Gasteiger partial charge is 0.493 e. The summed E-state index contributed by atoms with van der Waals surface area (Å²) in [5.41, 5.74) is 1.73. The first-order chi connectivity index (χ1) is 16.4. The van der Waals surface area contributed by atoms with E-state index in [0.717, 1.165) is 36.8 Å². The summed E-state index contributed by atoms with van der Waals surface area (Å²) in [5.74, 6) is 0.674. The van der Waals surface area contributed by atoms with Crippen molar-refractivity contribution >= 4 is 11.8 Å². The zero-order valence-electron chi connectivity index (χ0n) is 20.3. The van der Waals surface area contributed by atoms with Gasteiger partial charge < -0.3 is 19.7 Å². The molecular weight excluding hydrogens is 435 g/mol. The van der Waals surface area contributed by atoms with Crippen LogP contribution in [0.5, 0.6) is 11.5 Å². The van der Waals surface area contributed by atoms with Gasteiger partial charge in [0.15, 0.2) is 11.5 Å². The Morgan fingerprint density at radius 3 is 2.29 bits per heavy atom. The molecule has 0 heterocycles. The molecule has 1 fully saturated rings. The van der Waals surface area contributed by atoms with Gasteiger partial charge in [0.05, 0.1) is 14.2 Å². The Kier molecular flexibility index (Phi) is 9.31. The number of benzene rings is 2. The van der Waals surface area contributed by atoms with E-state index in [9.17, 15) is 14.0 Å². The van der Waals surface area contributed by atoms with Crippen LogP contribution in [-0.2, 0) is 22.6 Å². The van der Waals surface area contributed by atoms with Crippen LogP contribution in [0.2, 0.25) is 0 Å². The van der Waals surface area contributed by atoms with E-state index < -0.39 is 6.04 Å². The summed E-state index contributed by atoms with van der Waals surface area (Å²) in [7, 11) is 3.15. The second-order valence-electron chi connectivity index (χ2n) is 8.75. The molecule has 1 N–H and O–H groups in total. The first-order valence-electron chi connectivity index (χ1n) is 12.0. The number of nitrogens with zero attached hydrogens (tertiary/aromatic N) is 1. The summed E-state index contributed by atoms with van der Waals surface area (Å²) >= 11 is 0. The molecule has 0 aromatic heterocycles. The van der Waals surface area contributed by atoms with Crippen LogP contribution in [0.25, 0.3) is 0 Å². The lowest BCUT2D eigenvalue weighted by Gasteiger charge is -2.31. The van der Waals surface area contributed by atoms with E-state index in [1.54, 1.807) is 31.3 Å². The maximum atomic E-state index is 13.4. The van der Waals surface area contributed by atoms with Crippen molar-refractivity contribution in [2.24, 2.45) is 0 Å². The summed E-state index contributed by atoms with van der Waals surface area (Å²) in [6.45, 7) is 2.17. The molecular formula is C27H35FN2O4. The number of carbonyl (C=O) groups excluding carboxylic acids is 2. The number of amides is 2. The fraction of sp³-hybridized carbons (Fsp3) is 0.481. The smallest absolute Gasteiger partial charge is 0.243 e. The maximum absolute atomic E-state index is 13.4. The number of hydrogen-bond acceptors (Lipinski definition) is 4. The SMILES string of the molecule is CCC(C(=O)NC1CCCC1)N(Cc1ccc(F)cc1)C(=O)CCc1ccc(OC)c(OC)c1. The molecule has 2 aromatic rings. The number of methoxy groups -OCH3 is 2. The topological polar surface area (TPSA) is 67.9 Å². The van der Waals surface area contributed by atoms with E-state index in [0.29, 0.717) is 24.3 Å². The molecule has 7 heteroatoms. The molecule has 1 aliphatic carbocycles. The average molecular weight is 471 g/mol. The molecule has 0 aliphatic heterocycles. The highest BCUT2D eigenvalue weighted by Crippen LogP contribution is 2.28. The predicted molar refractivity (Wildman–Crippen MR) is 129 cm³/mol. The van der Waals surface area contributed by atoms with Crippen LogP contribution in [-0.4, -0.2) is 43.0 Å². The van der Waals surface area contributed by atoms with Crippen LogP contribution < -0.4 is 14.8 Å². The second kappa shape index (κ2) is 12.4. The van der Waals surface area contributed by atoms with Crippen molar-refractivity contribution in [3.8, 4) is 11.5 Å². The normalized spacial score (nSPS) is 14.5. The highest BCUT2D eigenvalue weighted by atomic mass is 19.1. The zero-order chi connectivity index (χ0) is 24.5.